The number of hydrogen-bond acceptors (Lipinski definition) is 3. The number of likely N-dealkylation sites (tertiary alicyclic amines) is 1. The van der Waals surface area contributed by atoms with Crippen LogP contribution in [0.1, 0.15) is 18.9 Å². The number of nitrogens with zero attached hydrogens (tertiary/aromatic N) is 3. The zero-order chi connectivity index (χ0) is 13.4. The summed E-state index contributed by atoms with van der Waals surface area (Å²) in [6, 6.07) is 1.95. The number of fused-ring (bicyclic) bond motifs is 1. The van der Waals surface area contributed by atoms with Crippen molar-refractivity contribution in [3.8, 4) is 0 Å². The van der Waals surface area contributed by atoms with Gasteiger partial charge in [0.05, 0.1) is 11.7 Å². The Morgan fingerprint density at radius 2 is 2.16 bits per heavy atom. The van der Waals surface area contributed by atoms with Crippen LogP contribution in [0, 0.1) is 0 Å². The molecule has 3 heterocycles. The van der Waals surface area contributed by atoms with E-state index in [1.54, 1.807) is 6.07 Å². The first-order valence-electron chi connectivity index (χ1n) is 6.19. The smallest absolute Gasteiger partial charge is 0.407 e. The Hall–Kier alpha value is -2.31. The van der Waals surface area contributed by atoms with Crippen LogP contribution in [0.5, 0.6) is 0 Å². The van der Waals surface area contributed by atoms with Gasteiger partial charge in [0, 0.05) is 25.3 Å². The van der Waals surface area contributed by atoms with Crippen molar-refractivity contribution in [2.45, 2.75) is 18.9 Å². The molecule has 2 aromatic rings. The van der Waals surface area contributed by atoms with E-state index in [9.17, 15) is 9.59 Å². The molecule has 19 heavy (non-hydrogen) atoms. The van der Waals surface area contributed by atoms with E-state index in [-0.39, 0.29) is 11.6 Å². The number of piperidine rings is 1. The molecule has 0 aromatic carbocycles. The van der Waals surface area contributed by atoms with Crippen LogP contribution in [-0.4, -0.2) is 43.7 Å². The number of H-pyrrole nitrogens is 1. The third kappa shape index (κ3) is 1.96. The van der Waals surface area contributed by atoms with Gasteiger partial charge in [-0.1, -0.05) is 0 Å². The Bertz CT molecular complexity index is 667. The lowest BCUT2D eigenvalue weighted by Crippen LogP contribution is -2.38. The Kier molecular flexibility index (Phi) is 2.73. The third-order valence-electron chi connectivity index (χ3n) is 3.64. The SMILES string of the molecule is O=C(O)N1CCC(n2ccc3c(=O)[nH]cnc32)CC1. The fourth-order valence-electron chi connectivity index (χ4n) is 2.61. The predicted octanol–water partition coefficient (Wildman–Crippen LogP) is 1.04. The molecule has 2 aromatic heterocycles. The predicted molar refractivity (Wildman–Crippen MR) is 68.2 cm³/mol. The van der Waals surface area contributed by atoms with Gasteiger partial charge < -0.3 is 19.6 Å². The van der Waals surface area contributed by atoms with E-state index in [0.29, 0.717) is 24.1 Å². The summed E-state index contributed by atoms with van der Waals surface area (Å²) in [5.41, 5.74) is 0.518. The first-order chi connectivity index (χ1) is 9.16. The highest BCUT2D eigenvalue weighted by Crippen LogP contribution is 2.25. The van der Waals surface area contributed by atoms with E-state index < -0.39 is 6.09 Å². The van der Waals surface area contributed by atoms with Crippen LogP contribution < -0.4 is 5.56 Å². The summed E-state index contributed by atoms with van der Waals surface area (Å²) >= 11 is 0. The van der Waals surface area contributed by atoms with Gasteiger partial charge >= 0.3 is 6.09 Å². The fraction of sp³-hybridized carbons (Fsp3) is 0.417. The second-order valence-electron chi connectivity index (χ2n) is 4.69. The van der Waals surface area contributed by atoms with Crippen LogP contribution in [0.4, 0.5) is 4.79 Å². The van der Waals surface area contributed by atoms with Gasteiger partial charge in [0.1, 0.15) is 5.65 Å². The Labute approximate surface area is 108 Å². The lowest BCUT2D eigenvalue weighted by molar-refractivity contribution is 0.126. The highest BCUT2D eigenvalue weighted by molar-refractivity contribution is 5.74. The van der Waals surface area contributed by atoms with Crippen molar-refractivity contribution in [1.82, 2.24) is 19.4 Å². The highest BCUT2D eigenvalue weighted by atomic mass is 16.4. The van der Waals surface area contributed by atoms with E-state index in [1.165, 1.54) is 11.2 Å². The standard InChI is InChI=1S/C12H14N4O3/c17-11-9-3-6-16(10(9)13-7-14-11)8-1-4-15(5-2-8)12(18)19/h3,6-8H,1-2,4-5H2,(H,18,19)(H,13,14,17). The van der Waals surface area contributed by atoms with E-state index >= 15 is 0 Å². The molecule has 0 atom stereocenters. The monoisotopic (exact) mass is 262 g/mol. The van der Waals surface area contributed by atoms with Crippen LogP contribution in [-0.2, 0) is 0 Å². The Morgan fingerprint density at radius 3 is 2.84 bits per heavy atom. The summed E-state index contributed by atoms with van der Waals surface area (Å²) in [6.07, 6.45) is 3.86. The summed E-state index contributed by atoms with van der Waals surface area (Å²) < 4.78 is 1.98. The van der Waals surface area contributed by atoms with E-state index in [4.69, 9.17) is 5.11 Å². The fourth-order valence-corrected chi connectivity index (χ4v) is 2.61. The van der Waals surface area contributed by atoms with Gasteiger partial charge in [0.25, 0.3) is 5.56 Å². The van der Waals surface area contributed by atoms with Gasteiger partial charge in [0.15, 0.2) is 0 Å². The maximum atomic E-state index is 11.6. The quantitative estimate of drug-likeness (QED) is 0.803. The molecule has 2 N–H and O–H groups in total. The van der Waals surface area contributed by atoms with Crippen molar-refractivity contribution in [3.63, 3.8) is 0 Å². The number of amides is 1. The first-order valence-corrected chi connectivity index (χ1v) is 6.19. The second kappa shape index (κ2) is 4.42. The van der Waals surface area contributed by atoms with Gasteiger partial charge in [-0.25, -0.2) is 9.78 Å². The lowest BCUT2D eigenvalue weighted by atomic mass is 10.1. The average Bonchev–Trinajstić information content (AvgIpc) is 2.84. The number of aromatic nitrogens is 3. The summed E-state index contributed by atoms with van der Waals surface area (Å²) in [5.74, 6) is 0. The maximum absolute atomic E-state index is 11.6. The van der Waals surface area contributed by atoms with Crippen LogP contribution in [0.15, 0.2) is 23.4 Å². The minimum Gasteiger partial charge on any atom is -0.465 e. The van der Waals surface area contributed by atoms with Gasteiger partial charge in [-0.2, -0.15) is 0 Å². The van der Waals surface area contributed by atoms with Crippen molar-refractivity contribution in [3.05, 3.63) is 28.9 Å². The largest absolute Gasteiger partial charge is 0.465 e. The number of hydrogen-bond donors (Lipinski definition) is 2. The molecule has 3 rings (SSSR count). The number of carbonyl (C=O) groups is 1. The molecule has 0 spiro atoms. The van der Waals surface area contributed by atoms with Crippen molar-refractivity contribution < 1.29 is 9.90 Å². The minimum absolute atomic E-state index is 0.147. The lowest BCUT2D eigenvalue weighted by Gasteiger charge is -2.31. The highest BCUT2D eigenvalue weighted by Gasteiger charge is 2.24. The Balaban J connectivity index is 1.88. The molecule has 0 aliphatic carbocycles. The van der Waals surface area contributed by atoms with E-state index in [1.807, 2.05) is 10.8 Å². The molecule has 1 aliphatic rings. The number of nitrogens with one attached hydrogen (secondary N) is 1. The average molecular weight is 262 g/mol. The zero-order valence-corrected chi connectivity index (χ0v) is 10.2. The number of rotatable bonds is 1. The molecule has 0 unspecified atom stereocenters. The molecule has 1 aliphatic heterocycles. The van der Waals surface area contributed by atoms with Gasteiger partial charge in [-0.15, -0.1) is 0 Å². The maximum Gasteiger partial charge on any atom is 0.407 e. The molecular weight excluding hydrogens is 248 g/mol. The molecule has 7 heteroatoms. The molecule has 0 radical (unpaired) electrons. The van der Waals surface area contributed by atoms with Crippen LogP contribution in [0.25, 0.3) is 11.0 Å². The van der Waals surface area contributed by atoms with Crippen LogP contribution in [0.2, 0.25) is 0 Å². The molecule has 7 nitrogen and oxygen atoms in total. The van der Waals surface area contributed by atoms with Crippen LogP contribution in [0.3, 0.4) is 0 Å². The number of carboxylic acid groups (broad SMARTS) is 1. The Morgan fingerprint density at radius 1 is 1.42 bits per heavy atom. The van der Waals surface area contributed by atoms with E-state index in [0.717, 1.165) is 12.8 Å². The summed E-state index contributed by atoms with van der Waals surface area (Å²) in [4.78, 5) is 30.7. The molecule has 0 saturated carbocycles. The zero-order valence-electron chi connectivity index (χ0n) is 10.2. The molecule has 1 amide bonds. The minimum atomic E-state index is -0.870. The second-order valence-corrected chi connectivity index (χ2v) is 4.69. The third-order valence-corrected chi connectivity index (χ3v) is 3.64. The molecule has 100 valence electrons. The van der Waals surface area contributed by atoms with Crippen molar-refractivity contribution in [2.75, 3.05) is 13.1 Å². The van der Waals surface area contributed by atoms with Crippen molar-refractivity contribution in [1.29, 1.82) is 0 Å². The van der Waals surface area contributed by atoms with Crippen molar-refractivity contribution in [2.24, 2.45) is 0 Å². The molecule has 1 saturated heterocycles. The molecule has 0 bridgehead atoms. The molecule has 1 fully saturated rings. The van der Waals surface area contributed by atoms with Crippen molar-refractivity contribution >= 4 is 17.1 Å². The normalized spacial score (nSPS) is 16.9. The van der Waals surface area contributed by atoms with Gasteiger partial charge in [-0.3, -0.25) is 4.79 Å². The first kappa shape index (κ1) is 11.8. The summed E-state index contributed by atoms with van der Waals surface area (Å²) in [6.45, 7) is 1.03. The topological polar surface area (TPSA) is 91.2 Å². The number of aromatic amines is 1. The van der Waals surface area contributed by atoms with Gasteiger partial charge in [0.2, 0.25) is 0 Å². The summed E-state index contributed by atoms with van der Waals surface area (Å²) in [7, 11) is 0. The van der Waals surface area contributed by atoms with E-state index in [2.05, 4.69) is 9.97 Å². The van der Waals surface area contributed by atoms with Gasteiger partial charge in [-0.05, 0) is 18.9 Å². The molecular formula is C12H14N4O3. The summed E-state index contributed by atoms with van der Waals surface area (Å²) in [5, 5.41) is 9.50. The van der Waals surface area contributed by atoms with Crippen LogP contribution >= 0.6 is 0 Å².